The second-order valence-corrected chi connectivity index (χ2v) is 6.31. The number of amides is 1. The molecule has 0 bridgehead atoms. The first-order valence-corrected chi connectivity index (χ1v) is 7.63. The number of aliphatic hydroxyl groups excluding tert-OH is 1. The van der Waals surface area contributed by atoms with Crippen LogP contribution in [0.4, 0.5) is 0 Å². The van der Waals surface area contributed by atoms with Gasteiger partial charge in [0.15, 0.2) is 12.2 Å². The van der Waals surface area contributed by atoms with E-state index < -0.39 is 29.7 Å². The summed E-state index contributed by atoms with van der Waals surface area (Å²) in [5, 5.41) is 10.0. The van der Waals surface area contributed by atoms with Crippen LogP contribution in [0.15, 0.2) is 24.3 Å². The highest BCUT2D eigenvalue weighted by molar-refractivity contribution is 5.89. The topological polar surface area (TPSA) is 85.3 Å². The van der Waals surface area contributed by atoms with Gasteiger partial charge in [-0.15, -0.1) is 0 Å². The number of nitrogens with zero attached hydrogens (tertiary/aromatic N) is 1. The lowest BCUT2D eigenvalue weighted by Gasteiger charge is -2.43. The van der Waals surface area contributed by atoms with Crippen LogP contribution in [0, 0.1) is 0 Å². The molecule has 1 aliphatic heterocycles. The lowest BCUT2D eigenvalue weighted by molar-refractivity contribution is -0.199. The smallest absolute Gasteiger partial charge is 0.338 e. The minimum atomic E-state index is -1.65. The van der Waals surface area contributed by atoms with Gasteiger partial charge in [-0.3, -0.25) is 4.79 Å². The van der Waals surface area contributed by atoms with E-state index in [1.165, 1.54) is 0 Å². The largest absolute Gasteiger partial charge is 0.497 e. The minimum Gasteiger partial charge on any atom is -0.497 e. The molecule has 0 radical (unpaired) electrons. The minimum absolute atomic E-state index is 0.347. The number of ether oxygens (including phenoxy) is 3. The predicted octanol–water partition coefficient (Wildman–Crippen LogP) is 0.735. The standard InChI is InChI=1S/C17H23NO6/c1-17(2)10-18(9-11-5-7-12(22-3)8-6-11)15(20)14(24-17)13(19)16(21)23-4/h5-8,13-14,19H,9-10H2,1-4H3/t13-,14-/m1/s1. The summed E-state index contributed by atoms with van der Waals surface area (Å²) in [5.74, 6) is -0.607. The molecule has 1 aliphatic rings. The molecule has 2 atom stereocenters. The highest BCUT2D eigenvalue weighted by Gasteiger charge is 2.45. The van der Waals surface area contributed by atoms with Gasteiger partial charge in [0.1, 0.15) is 5.75 Å². The van der Waals surface area contributed by atoms with E-state index in [0.29, 0.717) is 13.1 Å². The number of esters is 1. The molecule has 7 heteroatoms. The molecule has 1 aromatic carbocycles. The third-order valence-electron chi connectivity index (χ3n) is 3.83. The zero-order valence-electron chi connectivity index (χ0n) is 14.3. The Hall–Kier alpha value is -2.12. The molecule has 1 N–H and O–H groups in total. The van der Waals surface area contributed by atoms with Crippen molar-refractivity contribution in [2.75, 3.05) is 20.8 Å². The summed E-state index contributed by atoms with van der Waals surface area (Å²) >= 11 is 0. The third kappa shape index (κ3) is 4.04. The molecule has 132 valence electrons. The summed E-state index contributed by atoms with van der Waals surface area (Å²) in [6.07, 6.45) is -2.93. The van der Waals surface area contributed by atoms with Crippen molar-refractivity contribution in [2.24, 2.45) is 0 Å². The van der Waals surface area contributed by atoms with Crippen LogP contribution in [0.3, 0.4) is 0 Å². The van der Waals surface area contributed by atoms with Gasteiger partial charge in [-0.2, -0.15) is 0 Å². The van der Waals surface area contributed by atoms with Crippen LogP contribution in [0.5, 0.6) is 5.75 Å². The average molecular weight is 337 g/mol. The number of hydrogen-bond acceptors (Lipinski definition) is 6. The van der Waals surface area contributed by atoms with Gasteiger partial charge < -0.3 is 24.2 Å². The first kappa shape index (κ1) is 18.2. The second-order valence-electron chi connectivity index (χ2n) is 6.31. The fraction of sp³-hybridized carbons (Fsp3) is 0.529. The van der Waals surface area contributed by atoms with Crippen molar-refractivity contribution >= 4 is 11.9 Å². The Bertz CT molecular complexity index is 598. The Morgan fingerprint density at radius 1 is 1.38 bits per heavy atom. The molecular formula is C17H23NO6. The molecule has 0 spiro atoms. The summed E-state index contributed by atoms with van der Waals surface area (Å²) in [7, 11) is 2.74. The molecule has 1 aromatic rings. The molecule has 1 amide bonds. The van der Waals surface area contributed by atoms with Crippen LogP contribution in [-0.2, 0) is 25.6 Å². The van der Waals surface area contributed by atoms with Crippen molar-refractivity contribution in [1.29, 1.82) is 0 Å². The van der Waals surface area contributed by atoms with E-state index in [-0.39, 0.29) is 0 Å². The Labute approximate surface area is 141 Å². The highest BCUT2D eigenvalue weighted by Crippen LogP contribution is 2.26. The van der Waals surface area contributed by atoms with Gasteiger partial charge >= 0.3 is 5.97 Å². The Morgan fingerprint density at radius 3 is 2.54 bits per heavy atom. The maximum Gasteiger partial charge on any atom is 0.338 e. The number of morpholine rings is 1. The number of aliphatic hydroxyl groups is 1. The van der Waals surface area contributed by atoms with Crippen LogP contribution in [0.1, 0.15) is 19.4 Å². The maximum atomic E-state index is 12.6. The summed E-state index contributed by atoms with van der Waals surface area (Å²) in [5.41, 5.74) is 0.216. The SMILES string of the molecule is COC(=O)[C@H](O)[C@H]1OC(C)(C)CN(Cc2ccc(OC)cc2)C1=O. The van der Waals surface area contributed by atoms with E-state index in [1.807, 2.05) is 24.3 Å². The number of carbonyl (C=O) groups excluding carboxylic acids is 2. The van der Waals surface area contributed by atoms with Crippen LogP contribution >= 0.6 is 0 Å². The van der Waals surface area contributed by atoms with E-state index in [9.17, 15) is 14.7 Å². The maximum absolute atomic E-state index is 12.6. The summed E-state index contributed by atoms with van der Waals surface area (Å²) < 4.78 is 15.2. The van der Waals surface area contributed by atoms with Gasteiger partial charge in [0.25, 0.3) is 5.91 Å². The van der Waals surface area contributed by atoms with Gasteiger partial charge in [0.2, 0.25) is 0 Å². The number of benzene rings is 1. The van der Waals surface area contributed by atoms with Gasteiger partial charge in [0.05, 0.1) is 19.8 Å². The average Bonchev–Trinajstić information content (AvgIpc) is 2.56. The Kier molecular flexibility index (Phi) is 5.46. The summed E-state index contributed by atoms with van der Waals surface area (Å²) in [6.45, 7) is 4.30. The fourth-order valence-electron chi connectivity index (χ4n) is 2.68. The normalized spacial score (nSPS) is 21.3. The van der Waals surface area contributed by atoms with Gasteiger partial charge in [0, 0.05) is 13.1 Å². The molecule has 2 rings (SSSR count). The molecule has 0 unspecified atom stereocenters. The lowest BCUT2D eigenvalue weighted by Crippen LogP contribution is -2.60. The van der Waals surface area contributed by atoms with Crippen molar-refractivity contribution < 1.29 is 28.9 Å². The predicted molar refractivity (Wildman–Crippen MR) is 85.4 cm³/mol. The zero-order valence-corrected chi connectivity index (χ0v) is 14.3. The number of methoxy groups -OCH3 is 2. The van der Waals surface area contributed by atoms with Crippen molar-refractivity contribution in [2.45, 2.75) is 38.2 Å². The summed E-state index contributed by atoms with van der Waals surface area (Å²) in [4.78, 5) is 25.7. The van der Waals surface area contributed by atoms with Crippen molar-refractivity contribution in [3.8, 4) is 5.75 Å². The van der Waals surface area contributed by atoms with Crippen molar-refractivity contribution in [3.63, 3.8) is 0 Å². The number of rotatable bonds is 5. The van der Waals surface area contributed by atoms with E-state index in [1.54, 1.807) is 25.9 Å². The highest BCUT2D eigenvalue weighted by atomic mass is 16.6. The van der Waals surface area contributed by atoms with Crippen LogP contribution in [0.2, 0.25) is 0 Å². The fourth-order valence-corrected chi connectivity index (χ4v) is 2.68. The van der Waals surface area contributed by atoms with Crippen LogP contribution in [0.25, 0.3) is 0 Å². The molecule has 24 heavy (non-hydrogen) atoms. The first-order chi connectivity index (χ1) is 11.3. The zero-order chi connectivity index (χ0) is 17.9. The van der Waals surface area contributed by atoms with Crippen molar-refractivity contribution in [3.05, 3.63) is 29.8 Å². The quantitative estimate of drug-likeness (QED) is 0.798. The van der Waals surface area contributed by atoms with Gasteiger partial charge in [-0.1, -0.05) is 12.1 Å². The second kappa shape index (κ2) is 7.19. The van der Waals surface area contributed by atoms with E-state index in [2.05, 4.69) is 4.74 Å². The van der Waals surface area contributed by atoms with E-state index in [4.69, 9.17) is 9.47 Å². The Morgan fingerprint density at radius 2 is 2.00 bits per heavy atom. The molecule has 0 aliphatic carbocycles. The number of hydrogen-bond donors (Lipinski definition) is 1. The first-order valence-electron chi connectivity index (χ1n) is 7.63. The van der Waals surface area contributed by atoms with Crippen LogP contribution in [-0.4, -0.2) is 60.5 Å². The molecular weight excluding hydrogens is 314 g/mol. The lowest BCUT2D eigenvalue weighted by atomic mass is 10.0. The molecule has 1 saturated heterocycles. The van der Waals surface area contributed by atoms with Gasteiger partial charge in [-0.05, 0) is 31.5 Å². The van der Waals surface area contributed by atoms with E-state index in [0.717, 1.165) is 18.4 Å². The Balaban J connectivity index is 2.18. The molecule has 1 heterocycles. The van der Waals surface area contributed by atoms with E-state index >= 15 is 0 Å². The molecule has 0 aromatic heterocycles. The van der Waals surface area contributed by atoms with Crippen molar-refractivity contribution in [1.82, 2.24) is 4.90 Å². The number of carbonyl (C=O) groups is 2. The summed E-state index contributed by atoms with van der Waals surface area (Å²) in [6, 6.07) is 7.35. The molecule has 1 fully saturated rings. The third-order valence-corrected chi connectivity index (χ3v) is 3.83. The molecule has 0 saturated carbocycles. The molecule has 7 nitrogen and oxygen atoms in total. The monoisotopic (exact) mass is 337 g/mol. The van der Waals surface area contributed by atoms with Crippen LogP contribution < -0.4 is 4.74 Å². The van der Waals surface area contributed by atoms with Gasteiger partial charge in [-0.25, -0.2) is 4.79 Å².